The molecule has 0 unspecified atom stereocenters. The molecule has 2 N–H and O–H groups in total. The number of likely N-dealkylation sites (tertiary alicyclic amines) is 1. The summed E-state index contributed by atoms with van der Waals surface area (Å²) in [6.07, 6.45) is -2.28. The van der Waals surface area contributed by atoms with Crippen LogP contribution in [0.3, 0.4) is 0 Å². The van der Waals surface area contributed by atoms with E-state index >= 15 is 0 Å². The normalized spacial score (nSPS) is 17.8. The van der Waals surface area contributed by atoms with Crippen LogP contribution in [0.1, 0.15) is 24.1 Å². The molecule has 0 amide bonds. The summed E-state index contributed by atoms with van der Waals surface area (Å²) in [4.78, 5) is 31.5. The number of carbonyl (C=O) groups is 2. The third-order valence-corrected chi connectivity index (χ3v) is 5.82. The van der Waals surface area contributed by atoms with Crippen LogP contribution in [-0.2, 0) is 27.4 Å². The van der Waals surface area contributed by atoms with Crippen LogP contribution in [0.4, 0.5) is 26.3 Å². The standard InChI is InChI=1S/C20H26N4O.2C2HF3O2/c1-2-9-22-19(5-1)16-23-10-6-20(7-11-23)17-24(12-13-25-20)15-18-4-3-8-21-14-18;2*3-2(4,5)1(6)7/h1-5,8-9,14H,6-7,10-13,15-17H2;2*(H,6,7). The van der Waals surface area contributed by atoms with Gasteiger partial charge in [-0.25, -0.2) is 9.59 Å². The van der Waals surface area contributed by atoms with E-state index in [4.69, 9.17) is 24.5 Å². The SMILES string of the molecule is O=C(O)C(F)(F)F.O=C(O)C(F)(F)F.c1ccc(CN2CCC3(CC2)CN(Cc2cccnc2)CCO3)nc1. The smallest absolute Gasteiger partial charge is 0.475 e. The Kier molecular flexibility index (Phi) is 11.6. The van der Waals surface area contributed by atoms with E-state index in [-0.39, 0.29) is 5.60 Å². The molecule has 2 fully saturated rings. The van der Waals surface area contributed by atoms with Gasteiger partial charge in [-0.1, -0.05) is 12.1 Å². The molecule has 0 aromatic carbocycles. The Hall–Kier alpha value is -3.30. The molecule has 2 aromatic rings. The molecule has 216 valence electrons. The van der Waals surface area contributed by atoms with Crippen molar-refractivity contribution in [1.29, 1.82) is 0 Å². The lowest BCUT2D eigenvalue weighted by Gasteiger charge is -2.47. The van der Waals surface area contributed by atoms with Gasteiger partial charge in [0.05, 0.1) is 17.9 Å². The number of hydrogen-bond donors (Lipinski definition) is 2. The van der Waals surface area contributed by atoms with Crippen LogP contribution >= 0.6 is 0 Å². The summed E-state index contributed by atoms with van der Waals surface area (Å²) in [5.41, 5.74) is 2.47. The predicted octanol–water partition coefficient (Wildman–Crippen LogP) is 3.61. The highest BCUT2D eigenvalue weighted by molar-refractivity contribution is 5.73. The first-order chi connectivity index (χ1) is 18.2. The van der Waals surface area contributed by atoms with Gasteiger partial charge in [0.2, 0.25) is 0 Å². The first-order valence-corrected chi connectivity index (χ1v) is 11.7. The summed E-state index contributed by atoms with van der Waals surface area (Å²) in [7, 11) is 0. The molecule has 9 nitrogen and oxygen atoms in total. The fourth-order valence-corrected chi connectivity index (χ4v) is 3.95. The zero-order valence-corrected chi connectivity index (χ0v) is 20.7. The summed E-state index contributed by atoms with van der Waals surface area (Å²) < 4.78 is 69.7. The number of carboxylic acids is 2. The quantitative estimate of drug-likeness (QED) is 0.536. The van der Waals surface area contributed by atoms with Crippen LogP contribution in [0.25, 0.3) is 0 Å². The van der Waals surface area contributed by atoms with E-state index in [1.807, 2.05) is 30.7 Å². The van der Waals surface area contributed by atoms with Gasteiger partial charge in [0.15, 0.2) is 0 Å². The van der Waals surface area contributed by atoms with Gasteiger partial charge >= 0.3 is 24.3 Å². The largest absolute Gasteiger partial charge is 0.490 e. The summed E-state index contributed by atoms with van der Waals surface area (Å²) in [5.74, 6) is -5.51. The molecule has 0 bridgehead atoms. The van der Waals surface area contributed by atoms with Gasteiger partial charge in [0.25, 0.3) is 0 Å². The van der Waals surface area contributed by atoms with Crippen molar-refractivity contribution in [3.05, 3.63) is 60.2 Å². The lowest BCUT2D eigenvalue weighted by molar-refractivity contribution is -0.193. The number of aromatic nitrogens is 2. The average molecular weight is 566 g/mol. The maximum Gasteiger partial charge on any atom is 0.490 e. The Bertz CT molecular complexity index is 1010. The topological polar surface area (TPSA) is 116 Å². The van der Waals surface area contributed by atoms with Gasteiger partial charge in [-0.15, -0.1) is 0 Å². The molecule has 2 aliphatic rings. The summed E-state index contributed by atoms with van der Waals surface area (Å²) in [6.45, 7) is 6.94. The van der Waals surface area contributed by atoms with Crippen molar-refractivity contribution in [3.63, 3.8) is 0 Å². The molecule has 4 heterocycles. The van der Waals surface area contributed by atoms with Crippen molar-refractivity contribution in [1.82, 2.24) is 19.8 Å². The number of alkyl halides is 6. The minimum absolute atomic E-state index is 0.0288. The third-order valence-electron chi connectivity index (χ3n) is 5.82. The fraction of sp³-hybridized carbons (Fsp3) is 0.500. The number of piperidine rings is 1. The Labute approximate surface area is 220 Å². The maximum absolute atomic E-state index is 10.6. The van der Waals surface area contributed by atoms with Crippen molar-refractivity contribution in [2.45, 2.75) is 43.9 Å². The van der Waals surface area contributed by atoms with E-state index in [0.717, 1.165) is 64.4 Å². The molecule has 0 radical (unpaired) electrons. The van der Waals surface area contributed by atoms with E-state index in [1.165, 1.54) is 5.56 Å². The van der Waals surface area contributed by atoms with Crippen LogP contribution in [-0.4, -0.2) is 92.7 Å². The zero-order chi connectivity index (χ0) is 29.1. The zero-order valence-electron chi connectivity index (χ0n) is 20.7. The molecule has 39 heavy (non-hydrogen) atoms. The first kappa shape index (κ1) is 31.9. The second kappa shape index (κ2) is 14.2. The van der Waals surface area contributed by atoms with Crippen LogP contribution in [0.5, 0.6) is 0 Å². The van der Waals surface area contributed by atoms with Gasteiger partial charge in [-0.05, 0) is 36.6 Å². The molecule has 0 aliphatic carbocycles. The average Bonchev–Trinajstić information content (AvgIpc) is 2.87. The van der Waals surface area contributed by atoms with Crippen molar-refractivity contribution in [2.24, 2.45) is 0 Å². The molecule has 4 rings (SSSR count). The number of carboxylic acid groups (broad SMARTS) is 2. The van der Waals surface area contributed by atoms with Gasteiger partial charge in [-0.3, -0.25) is 19.8 Å². The lowest BCUT2D eigenvalue weighted by Crippen LogP contribution is -2.56. The monoisotopic (exact) mass is 566 g/mol. The highest BCUT2D eigenvalue weighted by Gasteiger charge is 2.40. The summed E-state index contributed by atoms with van der Waals surface area (Å²) >= 11 is 0. The minimum atomic E-state index is -5.08. The lowest BCUT2D eigenvalue weighted by atomic mass is 9.89. The Morgan fingerprint density at radius 2 is 1.49 bits per heavy atom. The number of aliphatic carboxylic acids is 2. The molecule has 2 aliphatic heterocycles. The maximum atomic E-state index is 10.6. The number of morpholine rings is 1. The van der Waals surface area contributed by atoms with Crippen molar-refractivity contribution < 1.29 is 50.9 Å². The van der Waals surface area contributed by atoms with Crippen LogP contribution in [0.2, 0.25) is 0 Å². The van der Waals surface area contributed by atoms with Crippen LogP contribution in [0.15, 0.2) is 48.9 Å². The summed E-state index contributed by atoms with van der Waals surface area (Å²) in [6, 6.07) is 10.3. The van der Waals surface area contributed by atoms with E-state index in [2.05, 4.69) is 38.0 Å². The second-order valence-electron chi connectivity index (χ2n) is 8.81. The van der Waals surface area contributed by atoms with E-state index in [0.29, 0.717) is 0 Å². The molecule has 1 spiro atoms. The molecule has 2 aromatic heterocycles. The first-order valence-electron chi connectivity index (χ1n) is 11.7. The number of rotatable bonds is 4. The minimum Gasteiger partial charge on any atom is -0.475 e. The molecule has 15 heteroatoms. The van der Waals surface area contributed by atoms with Crippen molar-refractivity contribution in [3.8, 4) is 0 Å². The number of hydrogen-bond acceptors (Lipinski definition) is 7. The molecule has 2 saturated heterocycles. The molecular formula is C24H28F6N4O5. The molecule has 0 saturated carbocycles. The van der Waals surface area contributed by atoms with Crippen molar-refractivity contribution in [2.75, 3.05) is 32.8 Å². The van der Waals surface area contributed by atoms with Gasteiger partial charge in [0.1, 0.15) is 0 Å². The summed E-state index contributed by atoms with van der Waals surface area (Å²) in [5, 5.41) is 14.2. The van der Waals surface area contributed by atoms with E-state index in [1.54, 1.807) is 0 Å². The number of halogens is 6. The Balaban J connectivity index is 0.000000317. The van der Waals surface area contributed by atoms with Gasteiger partial charge < -0.3 is 14.9 Å². The number of ether oxygens (including phenoxy) is 1. The van der Waals surface area contributed by atoms with Crippen molar-refractivity contribution >= 4 is 11.9 Å². The number of pyridine rings is 2. The number of nitrogens with zero attached hydrogens (tertiary/aromatic N) is 4. The molecular weight excluding hydrogens is 538 g/mol. The highest BCUT2D eigenvalue weighted by atomic mass is 19.4. The van der Waals surface area contributed by atoms with Gasteiger partial charge in [-0.2, -0.15) is 26.3 Å². The van der Waals surface area contributed by atoms with Gasteiger partial charge in [0, 0.05) is 57.9 Å². The highest BCUT2D eigenvalue weighted by Crippen LogP contribution is 2.31. The molecule has 0 atom stereocenters. The van der Waals surface area contributed by atoms with Crippen LogP contribution < -0.4 is 0 Å². The third kappa shape index (κ3) is 11.5. The fourth-order valence-electron chi connectivity index (χ4n) is 3.95. The van der Waals surface area contributed by atoms with Crippen LogP contribution in [0, 0.1) is 0 Å². The Morgan fingerprint density at radius 3 is 1.97 bits per heavy atom. The van der Waals surface area contributed by atoms with E-state index in [9.17, 15) is 26.3 Å². The predicted molar refractivity (Wildman–Crippen MR) is 124 cm³/mol. The Morgan fingerprint density at radius 1 is 0.872 bits per heavy atom. The van der Waals surface area contributed by atoms with E-state index < -0.39 is 24.3 Å². The second-order valence-corrected chi connectivity index (χ2v) is 8.81.